The van der Waals surface area contributed by atoms with E-state index in [-0.39, 0.29) is 23.9 Å². The van der Waals surface area contributed by atoms with E-state index in [1.165, 1.54) is 11.1 Å². The highest BCUT2D eigenvalue weighted by Crippen LogP contribution is 2.29. The van der Waals surface area contributed by atoms with Crippen LogP contribution in [-0.2, 0) is 24.2 Å². The standard InChI is InChI=1S/C25H30N6O2/c1-3-31-24-21(15-27-31)23(28-19-8-10-30(11-9-19)16(2)32)22(14-26-24)25(33)29-20-12-17-6-4-5-7-18(17)13-20/h4-7,14-15,19-20H,3,8-13H2,1-2H3,(H,26,28)(H,29,33). The summed E-state index contributed by atoms with van der Waals surface area (Å²) >= 11 is 0. The Labute approximate surface area is 193 Å². The lowest BCUT2D eigenvalue weighted by Gasteiger charge is -2.32. The first-order chi connectivity index (χ1) is 16.0. The van der Waals surface area contributed by atoms with Crippen molar-refractivity contribution in [1.82, 2.24) is 25.0 Å². The van der Waals surface area contributed by atoms with Crippen LogP contribution in [0.4, 0.5) is 5.69 Å². The molecule has 2 aromatic heterocycles. The van der Waals surface area contributed by atoms with E-state index < -0.39 is 0 Å². The molecule has 0 radical (unpaired) electrons. The molecule has 8 heteroatoms. The van der Waals surface area contributed by atoms with Crippen molar-refractivity contribution in [3.8, 4) is 0 Å². The van der Waals surface area contributed by atoms with Crippen LogP contribution in [0.15, 0.2) is 36.7 Å². The van der Waals surface area contributed by atoms with Gasteiger partial charge in [0.15, 0.2) is 5.65 Å². The molecule has 172 valence electrons. The largest absolute Gasteiger partial charge is 0.381 e. The summed E-state index contributed by atoms with van der Waals surface area (Å²) in [7, 11) is 0. The lowest BCUT2D eigenvalue weighted by molar-refractivity contribution is -0.129. The van der Waals surface area contributed by atoms with Gasteiger partial charge in [-0.1, -0.05) is 24.3 Å². The van der Waals surface area contributed by atoms with E-state index in [1.807, 2.05) is 28.6 Å². The number of piperidine rings is 1. The fraction of sp³-hybridized carbons (Fsp3) is 0.440. The Morgan fingerprint density at radius 1 is 1.06 bits per heavy atom. The number of amides is 2. The molecule has 3 aromatic rings. The van der Waals surface area contributed by atoms with Gasteiger partial charge in [-0.15, -0.1) is 0 Å². The zero-order valence-corrected chi connectivity index (χ0v) is 19.2. The minimum atomic E-state index is -0.116. The van der Waals surface area contributed by atoms with Crippen molar-refractivity contribution in [2.75, 3.05) is 18.4 Å². The second kappa shape index (κ2) is 8.84. The first-order valence-corrected chi connectivity index (χ1v) is 11.8. The van der Waals surface area contributed by atoms with E-state index in [1.54, 1.807) is 19.3 Å². The summed E-state index contributed by atoms with van der Waals surface area (Å²) in [6.45, 7) is 5.79. The Balaban J connectivity index is 1.40. The number of fused-ring (bicyclic) bond motifs is 2. The molecular formula is C25H30N6O2. The summed E-state index contributed by atoms with van der Waals surface area (Å²) in [4.78, 5) is 31.6. The van der Waals surface area contributed by atoms with Crippen LogP contribution in [0.25, 0.3) is 11.0 Å². The van der Waals surface area contributed by atoms with Gasteiger partial charge in [0.25, 0.3) is 5.91 Å². The van der Waals surface area contributed by atoms with Crippen LogP contribution >= 0.6 is 0 Å². The molecule has 1 fully saturated rings. The van der Waals surface area contributed by atoms with Gasteiger partial charge >= 0.3 is 0 Å². The zero-order valence-electron chi connectivity index (χ0n) is 19.2. The Hall–Kier alpha value is -3.42. The molecule has 0 saturated carbocycles. The fourth-order valence-electron chi connectivity index (χ4n) is 5.05. The number of hydrogen-bond donors (Lipinski definition) is 2. The third-order valence-electron chi connectivity index (χ3n) is 6.89. The maximum atomic E-state index is 13.4. The molecule has 0 bridgehead atoms. The lowest BCUT2D eigenvalue weighted by atomic mass is 10.0. The Morgan fingerprint density at radius 2 is 1.76 bits per heavy atom. The van der Waals surface area contributed by atoms with Crippen LogP contribution in [0.2, 0.25) is 0 Å². The Bertz CT molecular complexity index is 1170. The molecule has 0 atom stereocenters. The number of likely N-dealkylation sites (tertiary alicyclic amines) is 1. The Morgan fingerprint density at radius 3 is 2.39 bits per heavy atom. The number of aryl methyl sites for hydroxylation is 1. The summed E-state index contributed by atoms with van der Waals surface area (Å²) in [5.41, 5.74) is 4.70. The van der Waals surface area contributed by atoms with Gasteiger partial charge in [-0.3, -0.25) is 9.59 Å². The van der Waals surface area contributed by atoms with Gasteiger partial charge < -0.3 is 15.5 Å². The van der Waals surface area contributed by atoms with Crippen molar-refractivity contribution >= 4 is 28.5 Å². The number of carbonyl (C=O) groups excluding carboxylic acids is 2. The average molecular weight is 447 g/mol. The fourth-order valence-corrected chi connectivity index (χ4v) is 5.05. The molecule has 1 aliphatic carbocycles. The first kappa shape index (κ1) is 21.4. The predicted octanol–water partition coefficient (Wildman–Crippen LogP) is 2.77. The van der Waals surface area contributed by atoms with Crippen molar-refractivity contribution in [3.63, 3.8) is 0 Å². The van der Waals surface area contributed by atoms with Crippen LogP contribution in [0, 0.1) is 0 Å². The summed E-state index contributed by atoms with van der Waals surface area (Å²) in [6.07, 6.45) is 6.82. The molecule has 0 unspecified atom stereocenters. The number of nitrogens with one attached hydrogen (secondary N) is 2. The van der Waals surface area contributed by atoms with Crippen molar-refractivity contribution in [1.29, 1.82) is 0 Å². The number of carbonyl (C=O) groups is 2. The highest BCUT2D eigenvalue weighted by Gasteiger charge is 2.27. The molecule has 33 heavy (non-hydrogen) atoms. The summed E-state index contributed by atoms with van der Waals surface area (Å²) < 4.78 is 1.84. The van der Waals surface area contributed by atoms with E-state index in [2.05, 4.69) is 32.8 Å². The van der Waals surface area contributed by atoms with E-state index in [0.29, 0.717) is 12.1 Å². The molecule has 1 saturated heterocycles. The van der Waals surface area contributed by atoms with Gasteiger partial charge in [0.2, 0.25) is 5.91 Å². The smallest absolute Gasteiger partial charge is 0.255 e. The summed E-state index contributed by atoms with van der Waals surface area (Å²) in [6, 6.07) is 8.62. The number of anilines is 1. The van der Waals surface area contributed by atoms with Crippen LogP contribution in [0.1, 0.15) is 48.2 Å². The van der Waals surface area contributed by atoms with E-state index >= 15 is 0 Å². The highest BCUT2D eigenvalue weighted by atomic mass is 16.2. The van der Waals surface area contributed by atoms with E-state index in [0.717, 1.165) is 55.5 Å². The summed E-state index contributed by atoms with van der Waals surface area (Å²) in [5, 5.41) is 12.2. The molecule has 1 aromatic carbocycles. The molecule has 8 nitrogen and oxygen atoms in total. The van der Waals surface area contributed by atoms with E-state index in [4.69, 9.17) is 0 Å². The maximum absolute atomic E-state index is 13.4. The van der Waals surface area contributed by atoms with Gasteiger partial charge in [0.1, 0.15) is 0 Å². The van der Waals surface area contributed by atoms with Crippen molar-refractivity contribution in [3.05, 3.63) is 53.3 Å². The quantitative estimate of drug-likeness (QED) is 0.629. The van der Waals surface area contributed by atoms with Gasteiger partial charge in [0.05, 0.1) is 22.8 Å². The Kier molecular flexibility index (Phi) is 5.74. The summed E-state index contributed by atoms with van der Waals surface area (Å²) in [5.74, 6) is -0.00303. The minimum absolute atomic E-state index is 0.0793. The third kappa shape index (κ3) is 4.17. The molecule has 1 aliphatic heterocycles. The molecule has 2 N–H and O–H groups in total. The molecule has 0 spiro atoms. The average Bonchev–Trinajstić information content (AvgIpc) is 3.42. The lowest BCUT2D eigenvalue weighted by Crippen LogP contribution is -2.42. The van der Waals surface area contributed by atoms with Crippen molar-refractivity contribution in [2.45, 2.75) is 58.2 Å². The number of aromatic nitrogens is 3. The number of hydrogen-bond acceptors (Lipinski definition) is 5. The van der Waals surface area contributed by atoms with Crippen LogP contribution in [0.3, 0.4) is 0 Å². The number of nitrogens with zero attached hydrogens (tertiary/aromatic N) is 4. The normalized spacial score (nSPS) is 16.7. The molecule has 2 amide bonds. The van der Waals surface area contributed by atoms with Crippen LogP contribution in [-0.4, -0.2) is 56.7 Å². The zero-order chi connectivity index (χ0) is 22.9. The monoisotopic (exact) mass is 446 g/mol. The van der Waals surface area contributed by atoms with E-state index in [9.17, 15) is 9.59 Å². The molecule has 5 rings (SSSR count). The first-order valence-electron chi connectivity index (χ1n) is 11.8. The predicted molar refractivity (Wildman–Crippen MR) is 127 cm³/mol. The SMILES string of the molecule is CCn1ncc2c(NC3CCN(C(C)=O)CC3)c(C(=O)NC3Cc4ccccc4C3)cnc21. The van der Waals surface area contributed by atoms with Crippen molar-refractivity contribution < 1.29 is 9.59 Å². The third-order valence-corrected chi connectivity index (χ3v) is 6.89. The van der Waals surface area contributed by atoms with Gasteiger partial charge in [0, 0.05) is 44.8 Å². The van der Waals surface area contributed by atoms with Crippen molar-refractivity contribution in [2.24, 2.45) is 0 Å². The molecule has 2 aliphatic rings. The molecule has 3 heterocycles. The number of benzene rings is 1. The second-order valence-electron chi connectivity index (χ2n) is 9.02. The van der Waals surface area contributed by atoms with Crippen LogP contribution in [0.5, 0.6) is 0 Å². The second-order valence-corrected chi connectivity index (χ2v) is 9.02. The minimum Gasteiger partial charge on any atom is -0.381 e. The number of rotatable bonds is 5. The highest BCUT2D eigenvalue weighted by molar-refractivity contribution is 6.06. The maximum Gasteiger partial charge on any atom is 0.255 e. The van der Waals surface area contributed by atoms with Gasteiger partial charge in [-0.2, -0.15) is 5.10 Å². The topological polar surface area (TPSA) is 92.2 Å². The van der Waals surface area contributed by atoms with Gasteiger partial charge in [-0.25, -0.2) is 9.67 Å². The molecular weight excluding hydrogens is 416 g/mol. The number of pyridine rings is 1. The van der Waals surface area contributed by atoms with Crippen LogP contribution < -0.4 is 10.6 Å². The van der Waals surface area contributed by atoms with Gasteiger partial charge in [-0.05, 0) is 43.7 Å².